The number of anilines is 1. The van der Waals surface area contributed by atoms with E-state index < -0.39 is 0 Å². The highest BCUT2D eigenvalue weighted by Crippen LogP contribution is 2.30. The van der Waals surface area contributed by atoms with Crippen molar-refractivity contribution >= 4 is 28.5 Å². The normalized spacial score (nSPS) is 19.4. The van der Waals surface area contributed by atoms with Gasteiger partial charge in [-0.3, -0.25) is 0 Å². The molecule has 1 aliphatic rings. The maximum absolute atomic E-state index is 9.54. The summed E-state index contributed by atoms with van der Waals surface area (Å²) in [7, 11) is 0. The molecule has 5 heteroatoms. The molecule has 0 bridgehead atoms. The van der Waals surface area contributed by atoms with Gasteiger partial charge in [-0.2, -0.15) is 0 Å². The summed E-state index contributed by atoms with van der Waals surface area (Å²) in [6.45, 7) is 0.155. The second kappa shape index (κ2) is 5.27. The highest BCUT2D eigenvalue weighted by Gasteiger charge is 2.31. The highest BCUT2D eigenvalue weighted by atomic mass is 127. The van der Waals surface area contributed by atoms with Crippen LogP contribution in [0.5, 0.6) is 0 Å². The predicted molar refractivity (Wildman–Crippen MR) is 71.3 cm³/mol. The summed E-state index contributed by atoms with van der Waals surface area (Å²) in [5, 5.41) is 12.8. The lowest BCUT2D eigenvalue weighted by atomic mass is 9.82. The summed E-state index contributed by atoms with van der Waals surface area (Å²) in [5.74, 6) is 0.622. The van der Waals surface area contributed by atoms with Crippen molar-refractivity contribution in [2.24, 2.45) is 0 Å². The van der Waals surface area contributed by atoms with Crippen molar-refractivity contribution < 1.29 is 5.11 Å². The minimum atomic E-state index is -0.203. The zero-order chi connectivity index (χ0) is 11.4. The first-order valence-corrected chi connectivity index (χ1v) is 6.69. The van der Waals surface area contributed by atoms with Crippen LogP contribution < -0.4 is 5.32 Å². The van der Waals surface area contributed by atoms with E-state index in [0.717, 1.165) is 29.3 Å². The third-order valence-corrected chi connectivity index (χ3v) is 3.67. The molecular weight excluding hydrogens is 317 g/mol. The first-order chi connectivity index (χ1) is 7.74. The Labute approximate surface area is 109 Å². The van der Waals surface area contributed by atoms with Crippen LogP contribution >= 0.6 is 22.6 Å². The van der Waals surface area contributed by atoms with E-state index in [1.807, 2.05) is 0 Å². The third-order valence-electron chi connectivity index (χ3n) is 3.11. The van der Waals surface area contributed by atoms with Crippen molar-refractivity contribution in [1.82, 2.24) is 9.97 Å². The summed E-state index contributed by atoms with van der Waals surface area (Å²) < 4.78 is 1.02. The number of aromatic nitrogens is 2. The molecule has 1 heterocycles. The van der Waals surface area contributed by atoms with E-state index in [9.17, 15) is 5.11 Å². The van der Waals surface area contributed by atoms with Crippen LogP contribution in [0.2, 0.25) is 0 Å². The Bertz CT molecular complexity index is 336. The fraction of sp³-hybridized carbons (Fsp3) is 0.636. The van der Waals surface area contributed by atoms with Crippen LogP contribution in [-0.2, 0) is 0 Å². The van der Waals surface area contributed by atoms with Crippen molar-refractivity contribution in [1.29, 1.82) is 0 Å². The molecule has 0 spiro atoms. The third kappa shape index (κ3) is 2.82. The number of aliphatic hydroxyl groups excluding tert-OH is 1. The van der Waals surface area contributed by atoms with Gasteiger partial charge in [0.05, 0.1) is 12.1 Å². The number of nitrogens with zero attached hydrogens (tertiary/aromatic N) is 2. The molecule has 88 valence electrons. The Kier molecular flexibility index (Phi) is 3.96. The number of hydrogen-bond donors (Lipinski definition) is 2. The Morgan fingerprint density at radius 3 is 2.44 bits per heavy atom. The molecule has 0 aromatic carbocycles. The number of halogens is 1. The maximum atomic E-state index is 9.54. The van der Waals surface area contributed by atoms with E-state index in [4.69, 9.17) is 0 Å². The van der Waals surface area contributed by atoms with Gasteiger partial charge in [0.15, 0.2) is 0 Å². The average Bonchev–Trinajstić information content (AvgIpc) is 2.33. The maximum Gasteiger partial charge on any atom is 0.223 e. The highest BCUT2D eigenvalue weighted by molar-refractivity contribution is 14.1. The van der Waals surface area contributed by atoms with Crippen molar-refractivity contribution in [3.8, 4) is 0 Å². The Morgan fingerprint density at radius 1 is 1.25 bits per heavy atom. The van der Waals surface area contributed by atoms with Crippen molar-refractivity contribution in [3.05, 3.63) is 16.0 Å². The molecule has 0 amide bonds. The lowest BCUT2D eigenvalue weighted by Crippen LogP contribution is -2.44. The topological polar surface area (TPSA) is 58.0 Å². The van der Waals surface area contributed by atoms with Gasteiger partial charge >= 0.3 is 0 Å². The molecule has 1 aliphatic carbocycles. The van der Waals surface area contributed by atoms with Crippen LogP contribution in [-0.4, -0.2) is 27.2 Å². The van der Waals surface area contributed by atoms with Crippen molar-refractivity contribution in [3.63, 3.8) is 0 Å². The van der Waals surface area contributed by atoms with Gasteiger partial charge < -0.3 is 10.4 Å². The minimum absolute atomic E-state index is 0.155. The second-order valence-electron chi connectivity index (χ2n) is 4.35. The summed E-state index contributed by atoms with van der Waals surface area (Å²) in [6.07, 6.45) is 9.15. The Hall–Kier alpha value is -0.430. The summed E-state index contributed by atoms with van der Waals surface area (Å²) in [6, 6.07) is 0. The molecule has 4 nitrogen and oxygen atoms in total. The molecule has 0 radical (unpaired) electrons. The minimum Gasteiger partial charge on any atom is -0.394 e. The lowest BCUT2D eigenvalue weighted by molar-refractivity contribution is 0.172. The molecular formula is C11H16IN3O. The van der Waals surface area contributed by atoms with Gasteiger partial charge in [0.2, 0.25) is 5.95 Å². The SMILES string of the molecule is OCC1(Nc2ncc(I)cn2)CCCCC1. The zero-order valence-corrected chi connectivity index (χ0v) is 11.3. The van der Waals surface area contributed by atoms with Crippen LogP contribution in [0.25, 0.3) is 0 Å². The molecule has 1 saturated carbocycles. The number of hydrogen-bond acceptors (Lipinski definition) is 4. The number of nitrogens with one attached hydrogen (secondary N) is 1. The lowest BCUT2D eigenvalue weighted by Gasteiger charge is -2.36. The van der Waals surface area contributed by atoms with Crippen LogP contribution in [0.15, 0.2) is 12.4 Å². The summed E-state index contributed by atoms with van der Waals surface area (Å²) >= 11 is 2.18. The second-order valence-corrected chi connectivity index (χ2v) is 5.59. The quantitative estimate of drug-likeness (QED) is 0.833. The van der Waals surface area contributed by atoms with Crippen LogP contribution in [0.4, 0.5) is 5.95 Å². The van der Waals surface area contributed by atoms with E-state index in [-0.39, 0.29) is 12.1 Å². The Morgan fingerprint density at radius 2 is 1.88 bits per heavy atom. The van der Waals surface area contributed by atoms with E-state index in [2.05, 4.69) is 37.9 Å². The average molecular weight is 333 g/mol. The van der Waals surface area contributed by atoms with Gasteiger partial charge in [-0.1, -0.05) is 19.3 Å². The van der Waals surface area contributed by atoms with Crippen LogP contribution in [0.1, 0.15) is 32.1 Å². The first-order valence-electron chi connectivity index (χ1n) is 5.61. The zero-order valence-electron chi connectivity index (χ0n) is 9.12. The molecule has 2 N–H and O–H groups in total. The van der Waals surface area contributed by atoms with E-state index >= 15 is 0 Å². The van der Waals surface area contributed by atoms with E-state index in [1.165, 1.54) is 6.42 Å². The Balaban J connectivity index is 2.08. The molecule has 2 rings (SSSR count). The molecule has 1 aromatic heterocycles. The summed E-state index contributed by atoms with van der Waals surface area (Å²) in [5.41, 5.74) is -0.203. The molecule has 0 saturated heterocycles. The van der Waals surface area contributed by atoms with Crippen molar-refractivity contribution in [2.75, 3.05) is 11.9 Å². The van der Waals surface area contributed by atoms with Gasteiger partial charge in [0.1, 0.15) is 0 Å². The van der Waals surface area contributed by atoms with Gasteiger partial charge in [0, 0.05) is 16.0 Å². The number of rotatable bonds is 3. The predicted octanol–water partition coefficient (Wildman–Crippen LogP) is 2.19. The molecule has 1 fully saturated rings. The fourth-order valence-corrected chi connectivity index (χ4v) is 2.44. The monoisotopic (exact) mass is 333 g/mol. The van der Waals surface area contributed by atoms with Gasteiger partial charge in [0.25, 0.3) is 0 Å². The molecule has 1 aromatic rings. The van der Waals surface area contributed by atoms with Crippen LogP contribution in [0, 0.1) is 3.57 Å². The molecule has 0 atom stereocenters. The van der Waals surface area contributed by atoms with E-state index in [0.29, 0.717) is 5.95 Å². The standard InChI is InChI=1S/C11H16IN3O/c12-9-6-13-10(14-7-9)15-11(8-16)4-2-1-3-5-11/h6-7,16H,1-5,8H2,(H,13,14,15). The van der Waals surface area contributed by atoms with Crippen molar-refractivity contribution in [2.45, 2.75) is 37.6 Å². The van der Waals surface area contributed by atoms with Crippen LogP contribution in [0.3, 0.4) is 0 Å². The first kappa shape index (κ1) is 12.0. The van der Waals surface area contributed by atoms with Gasteiger partial charge in [-0.25, -0.2) is 9.97 Å². The fourth-order valence-electron chi connectivity index (χ4n) is 2.17. The molecule has 0 aliphatic heterocycles. The smallest absolute Gasteiger partial charge is 0.223 e. The van der Waals surface area contributed by atoms with E-state index in [1.54, 1.807) is 12.4 Å². The van der Waals surface area contributed by atoms with Gasteiger partial charge in [-0.05, 0) is 35.4 Å². The van der Waals surface area contributed by atoms with Gasteiger partial charge in [-0.15, -0.1) is 0 Å². The summed E-state index contributed by atoms with van der Waals surface area (Å²) in [4.78, 5) is 8.45. The largest absolute Gasteiger partial charge is 0.394 e. The number of aliphatic hydroxyl groups is 1. The molecule has 16 heavy (non-hydrogen) atoms. The molecule has 0 unspecified atom stereocenters.